The fraction of sp³-hybridized carbons (Fsp3) is 0.773. The molecule has 0 spiro atoms. The smallest absolute Gasteiger partial charge is 0.317 e. The Hall–Kier alpha value is -1.63. The highest BCUT2D eigenvalue weighted by atomic mass is 32.1. The fourth-order valence-electron chi connectivity index (χ4n) is 4.72. The number of rotatable bonds is 6. The zero-order valence-electron chi connectivity index (χ0n) is 17.6. The molecule has 160 valence electrons. The van der Waals surface area contributed by atoms with E-state index in [-0.39, 0.29) is 11.9 Å². The van der Waals surface area contributed by atoms with Gasteiger partial charge in [0, 0.05) is 43.0 Å². The molecule has 3 amide bonds. The van der Waals surface area contributed by atoms with Crippen LogP contribution >= 0.6 is 11.3 Å². The molecular formula is C22H34N4O2S. The van der Waals surface area contributed by atoms with Crippen molar-refractivity contribution in [1.82, 2.24) is 20.1 Å². The number of nitrogens with zero attached hydrogens (tertiary/aromatic N) is 3. The van der Waals surface area contributed by atoms with Gasteiger partial charge in [0.15, 0.2) is 0 Å². The van der Waals surface area contributed by atoms with Crippen LogP contribution in [-0.2, 0) is 0 Å². The van der Waals surface area contributed by atoms with Gasteiger partial charge < -0.3 is 15.1 Å². The monoisotopic (exact) mass is 418 g/mol. The highest BCUT2D eigenvalue weighted by Gasteiger charge is 2.39. The molecule has 3 aliphatic rings. The van der Waals surface area contributed by atoms with Gasteiger partial charge in [0.25, 0.3) is 5.91 Å². The molecule has 1 aliphatic heterocycles. The summed E-state index contributed by atoms with van der Waals surface area (Å²) >= 11 is 1.63. The lowest BCUT2D eigenvalue weighted by atomic mass is 9.94. The minimum absolute atomic E-state index is 0.0489. The van der Waals surface area contributed by atoms with Crippen LogP contribution in [0, 0.1) is 0 Å². The SMILES string of the molecule is CCCNC(=O)N1CCC(c2nc(C(=O)N(C3CCCCC3)C3CC3)cs2)CC1. The maximum Gasteiger partial charge on any atom is 0.317 e. The number of urea groups is 1. The first-order valence-electron chi connectivity index (χ1n) is 11.5. The molecule has 0 bridgehead atoms. The summed E-state index contributed by atoms with van der Waals surface area (Å²) in [6, 6.07) is 0.909. The van der Waals surface area contributed by atoms with Crippen molar-refractivity contribution in [2.24, 2.45) is 0 Å². The van der Waals surface area contributed by atoms with Crippen LogP contribution in [0.1, 0.15) is 92.5 Å². The standard InChI is InChI=1S/C22H34N4O2S/c1-2-12-23-22(28)25-13-10-16(11-14-25)20-24-19(15-29-20)21(27)26(18-8-9-18)17-6-4-3-5-7-17/h15-18H,2-14H2,1H3,(H,23,28). The Morgan fingerprint density at radius 1 is 1.10 bits per heavy atom. The molecule has 0 aromatic carbocycles. The average molecular weight is 419 g/mol. The third-order valence-electron chi connectivity index (χ3n) is 6.54. The first-order chi connectivity index (χ1) is 14.2. The van der Waals surface area contributed by atoms with Crippen molar-refractivity contribution in [3.05, 3.63) is 16.1 Å². The van der Waals surface area contributed by atoms with Crippen LogP contribution in [0.5, 0.6) is 0 Å². The molecule has 7 heteroatoms. The summed E-state index contributed by atoms with van der Waals surface area (Å²) in [6.07, 6.45) is 11.2. The summed E-state index contributed by atoms with van der Waals surface area (Å²) in [7, 11) is 0. The summed E-state index contributed by atoms with van der Waals surface area (Å²) in [5, 5.41) is 6.00. The minimum Gasteiger partial charge on any atom is -0.338 e. The topological polar surface area (TPSA) is 65.5 Å². The van der Waals surface area contributed by atoms with Gasteiger partial charge in [0.05, 0.1) is 5.01 Å². The van der Waals surface area contributed by atoms with Gasteiger partial charge >= 0.3 is 6.03 Å². The van der Waals surface area contributed by atoms with E-state index in [9.17, 15) is 9.59 Å². The first kappa shape index (κ1) is 20.6. The van der Waals surface area contributed by atoms with Crippen LogP contribution in [0.2, 0.25) is 0 Å². The van der Waals surface area contributed by atoms with Gasteiger partial charge in [-0.1, -0.05) is 26.2 Å². The molecule has 1 saturated heterocycles. The van der Waals surface area contributed by atoms with Crippen LogP contribution in [0.25, 0.3) is 0 Å². The summed E-state index contributed by atoms with van der Waals surface area (Å²) in [4.78, 5) is 34.3. The molecule has 2 aliphatic carbocycles. The fourth-order valence-corrected chi connectivity index (χ4v) is 5.69. The molecular weight excluding hydrogens is 384 g/mol. The summed E-state index contributed by atoms with van der Waals surface area (Å²) in [6.45, 7) is 4.32. The highest BCUT2D eigenvalue weighted by Crippen LogP contribution is 2.36. The van der Waals surface area contributed by atoms with Gasteiger partial charge in [0.1, 0.15) is 5.69 Å². The molecule has 4 rings (SSSR count). The molecule has 0 atom stereocenters. The van der Waals surface area contributed by atoms with E-state index < -0.39 is 0 Å². The third kappa shape index (κ3) is 4.93. The predicted octanol–water partition coefficient (Wildman–Crippen LogP) is 4.38. The average Bonchev–Trinajstić information content (AvgIpc) is 3.47. The molecule has 2 heterocycles. The number of piperidine rings is 1. The highest BCUT2D eigenvalue weighted by molar-refractivity contribution is 7.09. The quantitative estimate of drug-likeness (QED) is 0.746. The van der Waals surface area contributed by atoms with Gasteiger partial charge in [-0.15, -0.1) is 11.3 Å². The Morgan fingerprint density at radius 3 is 2.45 bits per heavy atom. The van der Waals surface area contributed by atoms with Crippen molar-refractivity contribution in [3.8, 4) is 0 Å². The first-order valence-corrected chi connectivity index (χ1v) is 12.4. The van der Waals surface area contributed by atoms with Crippen molar-refractivity contribution < 1.29 is 9.59 Å². The third-order valence-corrected chi connectivity index (χ3v) is 7.55. The van der Waals surface area contributed by atoms with E-state index in [0.717, 1.165) is 69.6 Å². The van der Waals surface area contributed by atoms with E-state index in [0.29, 0.717) is 23.7 Å². The summed E-state index contributed by atoms with van der Waals surface area (Å²) < 4.78 is 0. The number of hydrogen-bond acceptors (Lipinski definition) is 4. The molecule has 1 N–H and O–H groups in total. The lowest BCUT2D eigenvalue weighted by Crippen LogP contribution is -2.44. The van der Waals surface area contributed by atoms with Crippen molar-refractivity contribution in [3.63, 3.8) is 0 Å². The second kappa shape index (κ2) is 9.45. The normalized spacial score (nSPS) is 21.2. The Bertz CT molecular complexity index is 703. The van der Waals surface area contributed by atoms with Crippen LogP contribution in [0.4, 0.5) is 4.79 Å². The molecule has 0 radical (unpaired) electrons. The van der Waals surface area contributed by atoms with E-state index in [2.05, 4.69) is 17.1 Å². The van der Waals surface area contributed by atoms with Crippen molar-refractivity contribution in [2.75, 3.05) is 19.6 Å². The lowest BCUT2D eigenvalue weighted by molar-refractivity contribution is 0.0608. The van der Waals surface area contributed by atoms with Crippen molar-refractivity contribution in [2.45, 2.75) is 89.1 Å². The Kier molecular flexibility index (Phi) is 6.73. The number of thiazole rings is 1. The second-order valence-corrected chi connectivity index (χ2v) is 9.69. The lowest BCUT2D eigenvalue weighted by Gasteiger charge is -2.34. The van der Waals surface area contributed by atoms with E-state index in [4.69, 9.17) is 4.98 Å². The molecule has 1 aromatic heterocycles. The van der Waals surface area contributed by atoms with E-state index >= 15 is 0 Å². The summed E-state index contributed by atoms with van der Waals surface area (Å²) in [5.74, 6) is 0.513. The Labute approximate surface area is 178 Å². The van der Waals surface area contributed by atoms with Gasteiger partial charge in [-0.3, -0.25) is 4.79 Å². The van der Waals surface area contributed by atoms with E-state index in [1.807, 2.05) is 10.3 Å². The maximum atomic E-state index is 13.3. The van der Waals surface area contributed by atoms with E-state index in [1.54, 1.807) is 11.3 Å². The second-order valence-electron chi connectivity index (χ2n) is 8.80. The minimum atomic E-state index is 0.0489. The molecule has 29 heavy (non-hydrogen) atoms. The zero-order valence-corrected chi connectivity index (χ0v) is 18.4. The van der Waals surface area contributed by atoms with Gasteiger partial charge in [-0.25, -0.2) is 9.78 Å². The molecule has 0 unspecified atom stereocenters. The van der Waals surface area contributed by atoms with Crippen LogP contribution in [0.15, 0.2) is 5.38 Å². The number of carbonyl (C=O) groups excluding carboxylic acids is 2. The maximum absolute atomic E-state index is 13.3. The number of likely N-dealkylation sites (tertiary alicyclic amines) is 1. The number of hydrogen-bond donors (Lipinski definition) is 1. The van der Waals surface area contributed by atoms with Crippen LogP contribution in [-0.4, -0.2) is 58.4 Å². The Morgan fingerprint density at radius 2 is 1.79 bits per heavy atom. The number of aromatic nitrogens is 1. The number of carbonyl (C=O) groups is 2. The largest absolute Gasteiger partial charge is 0.338 e. The number of nitrogens with one attached hydrogen (secondary N) is 1. The molecule has 1 aromatic rings. The molecule has 6 nitrogen and oxygen atoms in total. The Balaban J connectivity index is 1.35. The van der Waals surface area contributed by atoms with Crippen LogP contribution < -0.4 is 5.32 Å². The predicted molar refractivity (Wildman–Crippen MR) is 115 cm³/mol. The zero-order chi connectivity index (χ0) is 20.2. The number of amides is 3. The van der Waals surface area contributed by atoms with Crippen LogP contribution in [0.3, 0.4) is 0 Å². The summed E-state index contributed by atoms with van der Waals surface area (Å²) in [5.41, 5.74) is 0.644. The van der Waals surface area contributed by atoms with Crippen molar-refractivity contribution >= 4 is 23.3 Å². The molecule has 3 fully saturated rings. The van der Waals surface area contributed by atoms with Crippen molar-refractivity contribution in [1.29, 1.82) is 0 Å². The van der Waals surface area contributed by atoms with Gasteiger partial charge in [-0.05, 0) is 44.9 Å². The molecule has 2 saturated carbocycles. The van der Waals surface area contributed by atoms with Gasteiger partial charge in [-0.2, -0.15) is 0 Å². The van der Waals surface area contributed by atoms with E-state index in [1.165, 1.54) is 19.3 Å². The van der Waals surface area contributed by atoms with Gasteiger partial charge in [0.2, 0.25) is 0 Å².